The van der Waals surface area contributed by atoms with Crippen molar-refractivity contribution in [2.75, 3.05) is 0 Å². The van der Waals surface area contributed by atoms with Crippen LogP contribution >= 0.6 is 0 Å². The summed E-state index contributed by atoms with van der Waals surface area (Å²) in [6.07, 6.45) is 5.29. The van der Waals surface area contributed by atoms with E-state index in [9.17, 15) is 14.3 Å². The molecule has 4 heteroatoms. The van der Waals surface area contributed by atoms with Crippen molar-refractivity contribution in [2.45, 2.75) is 72.5 Å². The molecule has 3 nitrogen and oxygen atoms in total. The van der Waals surface area contributed by atoms with Gasteiger partial charge < -0.3 is 9.84 Å². The summed E-state index contributed by atoms with van der Waals surface area (Å²) in [5, 5.41) is 9.86. The number of benzene rings is 1. The van der Waals surface area contributed by atoms with Crippen LogP contribution in [0.25, 0.3) is 5.57 Å². The van der Waals surface area contributed by atoms with E-state index in [4.69, 9.17) is 4.74 Å². The van der Waals surface area contributed by atoms with Gasteiger partial charge in [0, 0.05) is 6.42 Å². The van der Waals surface area contributed by atoms with Gasteiger partial charge >= 0.3 is 5.97 Å². The molecule has 1 heterocycles. The Kier molecular flexibility index (Phi) is 5.55. The molecule has 0 unspecified atom stereocenters. The van der Waals surface area contributed by atoms with E-state index < -0.39 is 12.2 Å². The van der Waals surface area contributed by atoms with E-state index in [1.165, 1.54) is 17.2 Å². The Morgan fingerprint density at radius 1 is 1.25 bits per heavy atom. The Bertz CT molecular complexity index is 832. The van der Waals surface area contributed by atoms with Crippen LogP contribution in [0.5, 0.6) is 0 Å². The zero-order valence-corrected chi connectivity index (χ0v) is 17.5. The number of halogens is 1. The lowest BCUT2D eigenvalue weighted by molar-refractivity contribution is -0.156. The van der Waals surface area contributed by atoms with E-state index in [1.54, 1.807) is 6.92 Å². The zero-order valence-electron chi connectivity index (χ0n) is 17.5. The topological polar surface area (TPSA) is 46.5 Å². The summed E-state index contributed by atoms with van der Waals surface area (Å²) in [4.78, 5) is 11.6. The van der Waals surface area contributed by atoms with Gasteiger partial charge in [-0.3, -0.25) is 4.79 Å². The molecule has 1 aromatic carbocycles. The second-order valence-electron chi connectivity index (χ2n) is 9.75. The summed E-state index contributed by atoms with van der Waals surface area (Å²) >= 11 is 0. The molecule has 1 aliphatic heterocycles. The van der Waals surface area contributed by atoms with E-state index >= 15 is 0 Å². The van der Waals surface area contributed by atoms with Crippen LogP contribution in [0.15, 0.2) is 35.9 Å². The number of esters is 1. The second-order valence-corrected chi connectivity index (χ2v) is 9.75. The Morgan fingerprint density at radius 2 is 1.96 bits per heavy atom. The third kappa shape index (κ3) is 4.54. The third-order valence-electron chi connectivity index (χ3n) is 5.74. The fourth-order valence-corrected chi connectivity index (χ4v) is 5.05. The number of carbonyl (C=O) groups is 1. The highest BCUT2D eigenvalue weighted by atomic mass is 19.1. The lowest BCUT2D eigenvalue weighted by atomic mass is 9.61. The molecule has 1 saturated heterocycles. The SMILES string of the molecule is Cc1cc(C2=C(/C=C/[C@@H]3C[C@@H](O)CC(=O)O3)CC(C)(C)CC2(C)C)ccc1F. The van der Waals surface area contributed by atoms with Crippen LogP contribution in [0, 0.1) is 23.6 Å². The van der Waals surface area contributed by atoms with Crippen molar-refractivity contribution in [3.63, 3.8) is 0 Å². The van der Waals surface area contributed by atoms with E-state index in [-0.39, 0.29) is 29.0 Å². The van der Waals surface area contributed by atoms with Gasteiger partial charge in [0.25, 0.3) is 0 Å². The molecule has 1 aliphatic carbocycles. The van der Waals surface area contributed by atoms with Crippen LogP contribution in [0.2, 0.25) is 0 Å². The van der Waals surface area contributed by atoms with Gasteiger partial charge in [-0.15, -0.1) is 0 Å². The largest absolute Gasteiger partial charge is 0.458 e. The first-order valence-corrected chi connectivity index (χ1v) is 10.0. The van der Waals surface area contributed by atoms with Crippen LogP contribution in [0.4, 0.5) is 4.39 Å². The number of aliphatic hydroxyl groups excluding tert-OH is 1. The van der Waals surface area contributed by atoms with Crippen LogP contribution in [0.1, 0.15) is 64.5 Å². The predicted molar refractivity (Wildman–Crippen MR) is 109 cm³/mol. The Morgan fingerprint density at radius 3 is 2.61 bits per heavy atom. The molecule has 1 aromatic rings. The summed E-state index contributed by atoms with van der Waals surface area (Å²) in [5.74, 6) is -0.556. The van der Waals surface area contributed by atoms with E-state index in [0.717, 1.165) is 18.4 Å². The van der Waals surface area contributed by atoms with Gasteiger partial charge in [-0.05, 0) is 71.1 Å². The molecule has 1 fully saturated rings. The van der Waals surface area contributed by atoms with Crippen molar-refractivity contribution >= 4 is 11.5 Å². The molecule has 0 saturated carbocycles. The third-order valence-corrected chi connectivity index (χ3v) is 5.74. The molecule has 0 radical (unpaired) electrons. The summed E-state index contributed by atoms with van der Waals surface area (Å²) in [7, 11) is 0. The van der Waals surface area contributed by atoms with Crippen LogP contribution < -0.4 is 0 Å². The standard InChI is InChI=1S/C24H31FO3/c1-15-10-16(7-9-20(15)25)22-17(13-23(2,3)14-24(22,4)5)6-8-19-11-18(26)12-21(27)28-19/h6-10,18-19,26H,11-14H2,1-5H3/b8-6+/t18-,19-/m1/s1. The molecule has 28 heavy (non-hydrogen) atoms. The number of hydrogen-bond donors (Lipinski definition) is 1. The Balaban J connectivity index is 2.04. The predicted octanol–water partition coefficient (Wildman–Crippen LogP) is 5.36. The lowest BCUT2D eigenvalue weighted by Crippen LogP contribution is -2.32. The molecule has 0 bridgehead atoms. The number of ether oxygens (including phenoxy) is 1. The number of hydrogen-bond acceptors (Lipinski definition) is 3. The highest BCUT2D eigenvalue weighted by Gasteiger charge is 2.39. The number of cyclic esters (lactones) is 1. The molecular formula is C24H31FO3. The zero-order chi connectivity index (χ0) is 20.7. The first-order chi connectivity index (χ1) is 13.0. The van der Waals surface area contributed by atoms with Crippen LogP contribution in [0.3, 0.4) is 0 Å². The van der Waals surface area contributed by atoms with Gasteiger partial charge in [0.15, 0.2) is 0 Å². The van der Waals surface area contributed by atoms with Crippen molar-refractivity contribution in [3.05, 3.63) is 52.9 Å². The quantitative estimate of drug-likeness (QED) is 0.712. The first kappa shape index (κ1) is 20.8. The molecule has 0 aromatic heterocycles. The first-order valence-electron chi connectivity index (χ1n) is 10.0. The normalized spacial score (nSPS) is 27.2. The minimum atomic E-state index is -0.650. The van der Waals surface area contributed by atoms with Crippen molar-refractivity contribution in [1.29, 1.82) is 0 Å². The summed E-state index contributed by atoms with van der Waals surface area (Å²) in [5.41, 5.74) is 4.13. The highest BCUT2D eigenvalue weighted by Crippen LogP contribution is 2.53. The minimum Gasteiger partial charge on any atom is -0.458 e. The fourth-order valence-electron chi connectivity index (χ4n) is 5.05. The average molecular weight is 387 g/mol. The highest BCUT2D eigenvalue weighted by molar-refractivity contribution is 5.76. The van der Waals surface area contributed by atoms with E-state index in [1.807, 2.05) is 24.3 Å². The average Bonchev–Trinajstić information content (AvgIpc) is 2.53. The van der Waals surface area contributed by atoms with Gasteiger partial charge in [-0.25, -0.2) is 4.39 Å². The maximum atomic E-state index is 13.8. The van der Waals surface area contributed by atoms with Crippen molar-refractivity contribution in [1.82, 2.24) is 0 Å². The van der Waals surface area contributed by atoms with Crippen LogP contribution in [-0.2, 0) is 9.53 Å². The van der Waals surface area contributed by atoms with Gasteiger partial charge in [0.1, 0.15) is 11.9 Å². The number of aryl methyl sites for hydroxylation is 1. The molecular weight excluding hydrogens is 355 g/mol. The summed E-state index contributed by atoms with van der Waals surface area (Å²) in [6, 6.07) is 5.31. The molecule has 0 spiro atoms. The monoisotopic (exact) mass is 386 g/mol. The van der Waals surface area contributed by atoms with Gasteiger partial charge in [-0.2, -0.15) is 0 Å². The molecule has 3 rings (SSSR count). The maximum absolute atomic E-state index is 13.8. The number of aliphatic hydroxyl groups is 1. The van der Waals surface area contributed by atoms with E-state index in [0.29, 0.717) is 12.0 Å². The molecule has 0 amide bonds. The summed E-state index contributed by atoms with van der Waals surface area (Å²) < 4.78 is 19.2. The van der Waals surface area contributed by atoms with Gasteiger partial charge in [0.05, 0.1) is 12.5 Å². The fraction of sp³-hybridized carbons (Fsp3) is 0.542. The molecule has 152 valence electrons. The maximum Gasteiger partial charge on any atom is 0.309 e. The van der Waals surface area contributed by atoms with Gasteiger partial charge in [-0.1, -0.05) is 39.8 Å². The lowest BCUT2D eigenvalue weighted by Gasteiger charge is -2.44. The van der Waals surface area contributed by atoms with Crippen molar-refractivity contribution in [3.8, 4) is 0 Å². The van der Waals surface area contributed by atoms with Gasteiger partial charge in [0.2, 0.25) is 0 Å². The molecule has 2 aliphatic rings. The Hall–Kier alpha value is -1.94. The van der Waals surface area contributed by atoms with Crippen molar-refractivity contribution < 1.29 is 19.0 Å². The second kappa shape index (κ2) is 7.47. The molecule has 1 N–H and O–H groups in total. The number of rotatable bonds is 3. The smallest absolute Gasteiger partial charge is 0.309 e. The Labute approximate surface area is 167 Å². The van der Waals surface area contributed by atoms with Crippen LogP contribution in [-0.4, -0.2) is 23.3 Å². The molecule has 2 atom stereocenters. The van der Waals surface area contributed by atoms with E-state index in [2.05, 4.69) is 27.7 Å². The summed E-state index contributed by atoms with van der Waals surface area (Å²) in [6.45, 7) is 10.8. The van der Waals surface area contributed by atoms with Crippen molar-refractivity contribution in [2.24, 2.45) is 10.8 Å². The minimum absolute atomic E-state index is 0.0627. The number of carbonyl (C=O) groups excluding carboxylic acids is 1. The number of allylic oxidation sites excluding steroid dienone is 3.